The van der Waals surface area contributed by atoms with Crippen molar-refractivity contribution in [2.24, 2.45) is 0 Å². The minimum atomic E-state index is -0.650. The third-order valence-corrected chi connectivity index (χ3v) is 5.77. The topological polar surface area (TPSA) is 62.3 Å². The van der Waals surface area contributed by atoms with Gasteiger partial charge in [0, 0.05) is 30.4 Å². The molecule has 0 bridgehead atoms. The number of hydrogen-bond donors (Lipinski definition) is 1. The molecule has 5 rings (SSSR count). The number of hydrogen-bond acceptors (Lipinski definition) is 3. The van der Waals surface area contributed by atoms with Crippen LogP contribution in [0.3, 0.4) is 0 Å². The van der Waals surface area contributed by atoms with Gasteiger partial charge in [0.1, 0.15) is 0 Å². The maximum absolute atomic E-state index is 13.3. The lowest BCUT2D eigenvalue weighted by Gasteiger charge is -2.39. The van der Waals surface area contributed by atoms with Gasteiger partial charge in [-0.2, -0.15) is 0 Å². The average molecular weight is 357 g/mol. The largest absolute Gasteiger partial charge is 0.337 e. The van der Waals surface area contributed by atoms with E-state index in [9.17, 15) is 9.59 Å². The van der Waals surface area contributed by atoms with Crippen LogP contribution in [0, 0.1) is 0 Å². The molecule has 0 radical (unpaired) electrons. The van der Waals surface area contributed by atoms with Gasteiger partial charge in [-0.1, -0.05) is 36.4 Å². The summed E-state index contributed by atoms with van der Waals surface area (Å²) in [5, 5.41) is 3.94. The number of para-hydroxylation sites is 2. The minimum Gasteiger partial charge on any atom is -0.337 e. The van der Waals surface area contributed by atoms with E-state index in [-0.39, 0.29) is 11.8 Å². The lowest BCUT2D eigenvalue weighted by molar-refractivity contribution is -0.122. The second kappa shape index (κ2) is 5.91. The number of carbonyl (C=O) groups is 2. The molecule has 3 aromatic rings. The van der Waals surface area contributed by atoms with E-state index in [1.54, 1.807) is 6.20 Å². The Morgan fingerprint density at radius 1 is 1.07 bits per heavy atom. The average Bonchev–Trinajstić information content (AvgIpc) is 2.98. The van der Waals surface area contributed by atoms with Crippen molar-refractivity contribution in [1.29, 1.82) is 0 Å². The monoisotopic (exact) mass is 357 g/mol. The van der Waals surface area contributed by atoms with Gasteiger partial charge in [-0.3, -0.25) is 14.6 Å². The lowest BCUT2D eigenvalue weighted by atomic mass is 9.75. The molecule has 27 heavy (non-hydrogen) atoms. The summed E-state index contributed by atoms with van der Waals surface area (Å²) in [4.78, 5) is 32.4. The van der Waals surface area contributed by atoms with Gasteiger partial charge in [0.25, 0.3) is 5.91 Å². The molecule has 134 valence electrons. The van der Waals surface area contributed by atoms with Crippen LogP contribution in [0.1, 0.15) is 28.8 Å². The van der Waals surface area contributed by atoms with Gasteiger partial charge in [0.2, 0.25) is 5.91 Å². The number of piperidine rings is 1. The summed E-state index contributed by atoms with van der Waals surface area (Å²) in [5.74, 6) is -0.0622. The number of likely N-dealkylation sites (tertiary alicyclic amines) is 1. The molecule has 2 aromatic carbocycles. The summed E-state index contributed by atoms with van der Waals surface area (Å²) in [7, 11) is 0. The first kappa shape index (κ1) is 16.0. The standard InChI is InChI=1S/C22H19N3O2/c26-20(16-8-3-6-15-7-4-12-23-19(15)16)25-13-5-11-22(14-25)17-9-1-2-10-18(17)24-21(22)27/h1-4,6-10,12H,5,11,13-14H2,(H,24,27). The zero-order chi connectivity index (χ0) is 18.4. The number of amides is 2. The summed E-state index contributed by atoms with van der Waals surface area (Å²) < 4.78 is 0. The van der Waals surface area contributed by atoms with Gasteiger partial charge in [-0.05, 0) is 36.6 Å². The molecular formula is C22H19N3O2. The van der Waals surface area contributed by atoms with Gasteiger partial charge in [-0.25, -0.2) is 0 Å². The van der Waals surface area contributed by atoms with Crippen LogP contribution in [0.5, 0.6) is 0 Å². The first-order valence-corrected chi connectivity index (χ1v) is 9.23. The Kier molecular flexibility index (Phi) is 3.50. The predicted molar refractivity (Wildman–Crippen MR) is 104 cm³/mol. The van der Waals surface area contributed by atoms with E-state index in [2.05, 4.69) is 10.3 Å². The Bertz CT molecular complexity index is 1070. The van der Waals surface area contributed by atoms with Gasteiger partial charge in [-0.15, -0.1) is 0 Å². The van der Waals surface area contributed by atoms with E-state index in [0.717, 1.165) is 29.5 Å². The molecule has 0 aliphatic carbocycles. The van der Waals surface area contributed by atoms with E-state index >= 15 is 0 Å². The minimum absolute atomic E-state index is 0.00255. The smallest absolute Gasteiger partial charge is 0.256 e. The predicted octanol–water partition coefficient (Wildman–Crippen LogP) is 3.36. The number of rotatable bonds is 1. The van der Waals surface area contributed by atoms with E-state index in [1.165, 1.54) is 0 Å². The normalized spacial score (nSPS) is 21.3. The third kappa shape index (κ3) is 2.35. The Balaban J connectivity index is 1.53. The molecule has 1 fully saturated rings. The van der Waals surface area contributed by atoms with Crippen LogP contribution in [0.15, 0.2) is 60.8 Å². The Morgan fingerprint density at radius 2 is 1.93 bits per heavy atom. The molecule has 5 nitrogen and oxygen atoms in total. The third-order valence-electron chi connectivity index (χ3n) is 5.77. The SMILES string of the molecule is O=C(c1cccc2cccnc12)N1CCCC2(C1)C(=O)Nc1ccccc12. The molecule has 3 heterocycles. The fraction of sp³-hybridized carbons (Fsp3) is 0.227. The van der Waals surface area contributed by atoms with E-state index < -0.39 is 5.41 Å². The number of carbonyl (C=O) groups excluding carboxylic acids is 2. The van der Waals surface area contributed by atoms with Gasteiger partial charge in [0.15, 0.2) is 0 Å². The van der Waals surface area contributed by atoms with Crippen LogP contribution < -0.4 is 5.32 Å². The Hall–Kier alpha value is -3.21. The van der Waals surface area contributed by atoms with Gasteiger partial charge in [0.05, 0.1) is 16.5 Å². The Labute approximate surface area is 157 Å². The van der Waals surface area contributed by atoms with Crippen molar-refractivity contribution in [3.8, 4) is 0 Å². The molecule has 2 aliphatic rings. The summed E-state index contributed by atoms with van der Waals surface area (Å²) in [6, 6.07) is 17.3. The molecule has 1 atom stereocenters. The van der Waals surface area contributed by atoms with Crippen molar-refractivity contribution in [2.45, 2.75) is 18.3 Å². The molecule has 2 amide bonds. The highest BCUT2D eigenvalue weighted by molar-refractivity contribution is 6.08. The van der Waals surface area contributed by atoms with Crippen molar-refractivity contribution in [1.82, 2.24) is 9.88 Å². The number of aromatic nitrogens is 1. The van der Waals surface area contributed by atoms with Crippen molar-refractivity contribution >= 4 is 28.4 Å². The van der Waals surface area contributed by atoms with Crippen molar-refractivity contribution < 1.29 is 9.59 Å². The molecule has 0 saturated carbocycles. The number of nitrogens with zero attached hydrogens (tertiary/aromatic N) is 2. The van der Waals surface area contributed by atoms with E-state index in [4.69, 9.17) is 0 Å². The molecular weight excluding hydrogens is 338 g/mol. The van der Waals surface area contributed by atoms with Crippen molar-refractivity contribution in [3.05, 3.63) is 71.9 Å². The number of nitrogens with one attached hydrogen (secondary N) is 1. The maximum Gasteiger partial charge on any atom is 0.256 e. The summed E-state index contributed by atoms with van der Waals surface area (Å²) in [5.41, 5.74) is 2.52. The van der Waals surface area contributed by atoms with E-state index in [1.807, 2.05) is 59.5 Å². The van der Waals surface area contributed by atoms with Gasteiger partial charge >= 0.3 is 0 Å². The first-order chi connectivity index (χ1) is 13.2. The van der Waals surface area contributed by atoms with E-state index in [0.29, 0.717) is 24.2 Å². The quantitative estimate of drug-likeness (QED) is 0.726. The molecule has 1 saturated heterocycles. The number of pyridine rings is 1. The summed E-state index contributed by atoms with van der Waals surface area (Å²) in [6.45, 7) is 1.05. The molecule has 5 heteroatoms. The highest BCUT2D eigenvalue weighted by Gasteiger charge is 2.49. The number of benzene rings is 2. The second-order valence-electron chi connectivity index (χ2n) is 7.29. The molecule has 1 aromatic heterocycles. The van der Waals surface area contributed by atoms with Crippen LogP contribution in [0.2, 0.25) is 0 Å². The lowest BCUT2D eigenvalue weighted by Crippen LogP contribution is -2.51. The molecule has 1 N–H and O–H groups in total. The fourth-order valence-corrected chi connectivity index (χ4v) is 4.45. The highest BCUT2D eigenvalue weighted by atomic mass is 16.2. The van der Waals surface area contributed by atoms with Crippen LogP contribution in [0.25, 0.3) is 10.9 Å². The molecule has 1 unspecified atom stereocenters. The summed E-state index contributed by atoms with van der Waals surface area (Å²) in [6.07, 6.45) is 3.26. The molecule has 1 spiro atoms. The highest BCUT2D eigenvalue weighted by Crippen LogP contribution is 2.43. The van der Waals surface area contributed by atoms with Crippen LogP contribution in [0.4, 0.5) is 5.69 Å². The molecule has 2 aliphatic heterocycles. The first-order valence-electron chi connectivity index (χ1n) is 9.23. The maximum atomic E-state index is 13.3. The zero-order valence-electron chi connectivity index (χ0n) is 14.8. The summed E-state index contributed by atoms with van der Waals surface area (Å²) >= 11 is 0. The Morgan fingerprint density at radius 3 is 2.85 bits per heavy atom. The number of fused-ring (bicyclic) bond motifs is 3. The van der Waals surface area contributed by atoms with Crippen LogP contribution in [-0.2, 0) is 10.2 Å². The van der Waals surface area contributed by atoms with Gasteiger partial charge < -0.3 is 10.2 Å². The second-order valence-corrected chi connectivity index (χ2v) is 7.29. The fourth-order valence-electron chi connectivity index (χ4n) is 4.45. The van der Waals surface area contributed by atoms with Crippen molar-refractivity contribution in [3.63, 3.8) is 0 Å². The zero-order valence-corrected chi connectivity index (χ0v) is 14.8. The van der Waals surface area contributed by atoms with Crippen LogP contribution in [-0.4, -0.2) is 34.8 Å². The number of anilines is 1. The van der Waals surface area contributed by atoms with Crippen molar-refractivity contribution in [2.75, 3.05) is 18.4 Å². The van der Waals surface area contributed by atoms with Crippen LogP contribution >= 0.6 is 0 Å².